The van der Waals surface area contributed by atoms with Gasteiger partial charge in [-0.15, -0.1) is 0 Å². The highest BCUT2D eigenvalue weighted by Crippen LogP contribution is 2.10. The fourth-order valence-corrected chi connectivity index (χ4v) is 2.40. The molecule has 0 fully saturated rings. The average Bonchev–Trinajstić information content (AvgIpc) is 2.25. The number of unbranched alkanes of at least 4 members (excludes halogenated alkanes) is 1. The minimum Gasteiger partial charge on any atom is -0.428 e. The molecule has 1 aromatic rings. The van der Waals surface area contributed by atoms with Crippen LogP contribution in [0, 0.1) is 0 Å². The molecule has 0 bridgehead atoms. The second-order valence-corrected chi connectivity index (χ2v) is 4.27. The van der Waals surface area contributed by atoms with Gasteiger partial charge in [-0.05, 0) is 35.6 Å². The van der Waals surface area contributed by atoms with Crippen molar-refractivity contribution in [1.29, 1.82) is 0 Å². The van der Waals surface area contributed by atoms with Crippen LogP contribution in [0.3, 0.4) is 0 Å². The van der Waals surface area contributed by atoms with Crippen LogP contribution in [0.15, 0.2) is 18.2 Å². The molecule has 0 saturated carbocycles. The van der Waals surface area contributed by atoms with E-state index in [1.54, 1.807) is 0 Å². The minimum absolute atomic E-state index is 0.0628. The van der Waals surface area contributed by atoms with Crippen LogP contribution in [0.2, 0.25) is 0 Å². The van der Waals surface area contributed by atoms with E-state index in [0.717, 1.165) is 18.0 Å². The number of benzene rings is 1. The fraction of sp³-hybridized carbons (Fsp3) is 0.500. The molecule has 0 spiro atoms. The summed E-state index contributed by atoms with van der Waals surface area (Å²) in [6.45, 7) is 4.37. The van der Waals surface area contributed by atoms with E-state index in [2.05, 4.69) is 26.0 Å². The second kappa shape index (κ2) is 5.99. The molecule has 0 unspecified atom stereocenters. The van der Waals surface area contributed by atoms with E-state index in [1.165, 1.54) is 24.0 Å². The van der Waals surface area contributed by atoms with Crippen molar-refractivity contribution >= 4 is 14.9 Å². The zero-order valence-corrected chi connectivity index (χ0v) is 10.0. The maximum Gasteiger partial charge on any atom is 0.265 e. The van der Waals surface area contributed by atoms with E-state index in [9.17, 15) is 4.80 Å². The Balaban J connectivity index is 2.90. The van der Waals surface area contributed by atoms with Gasteiger partial charge in [-0.3, -0.25) is 0 Å². The Morgan fingerprint density at radius 1 is 1.29 bits per heavy atom. The first kappa shape index (κ1) is 11.5. The summed E-state index contributed by atoms with van der Waals surface area (Å²) in [5, 5.41) is 1.13. The molecule has 76 valence electrons. The van der Waals surface area contributed by atoms with Crippen molar-refractivity contribution in [2.24, 2.45) is 0 Å². The highest BCUT2D eigenvalue weighted by atomic mass is 28.2. The summed E-state index contributed by atoms with van der Waals surface area (Å²) < 4.78 is 0. The van der Waals surface area contributed by atoms with Crippen molar-refractivity contribution in [3.63, 3.8) is 0 Å². The standard InChI is InChI=1S/C12H18OSi/c1-3-5-7-10-8-6-9-12(14-13)11(10)4-2/h6,8-9,13H,3-5,7H2,1-2H3. The lowest BCUT2D eigenvalue weighted by molar-refractivity contribution is 0.615. The van der Waals surface area contributed by atoms with Crippen LogP contribution >= 0.6 is 0 Å². The number of aryl methyl sites for hydroxylation is 1. The summed E-state index contributed by atoms with van der Waals surface area (Å²) in [5.41, 5.74) is 2.79. The molecule has 1 aromatic carbocycles. The summed E-state index contributed by atoms with van der Waals surface area (Å²) >= 11 is 0. The van der Waals surface area contributed by atoms with E-state index in [4.69, 9.17) is 0 Å². The molecule has 0 aromatic heterocycles. The van der Waals surface area contributed by atoms with Gasteiger partial charge in [-0.25, -0.2) is 0 Å². The lowest BCUT2D eigenvalue weighted by Gasteiger charge is -2.10. The third kappa shape index (κ3) is 2.69. The van der Waals surface area contributed by atoms with Crippen LogP contribution in [-0.2, 0) is 12.8 Å². The molecule has 14 heavy (non-hydrogen) atoms. The lowest BCUT2D eigenvalue weighted by Crippen LogP contribution is -2.20. The van der Waals surface area contributed by atoms with Crippen molar-refractivity contribution < 1.29 is 4.80 Å². The summed E-state index contributed by atoms with van der Waals surface area (Å²) in [6, 6.07) is 6.29. The maximum absolute atomic E-state index is 9.23. The first-order chi connectivity index (χ1) is 6.83. The Labute approximate surface area is 89.1 Å². The van der Waals surface area contributed by atoms with Crippen molar-refractivity contribution in [3.05, 3.63) is 29.3 Å². The number of hydrogen-bond donors (Lipinski definition) is 1. The van der Waals surface area contributed by atoms with Crippen LogP contribution in [0.5, 0.6) is 0 Å². The highest BCUT2D eigenvalue weighted by molar-refractivity contribution is 6.46. The first-order valence-corrected chi connectivity index (χ1v) is 6.29. The lowest BCUT2D eigenvalue weighted by atomic mass is 10.0. The van der Waals surface area contributed by atoms with Crippen LogP contribution in [0.1, 0.15) is 37.8 Å². The normalized spacial score (nSPS) is 10.5. The molecule has 2 radical (unpaired) electrons. The molecule has 0 aliphatic heterocycles. The van der Waals surface area contributed by atoms with Crippen LogP contribution < -0.4 is 5.19 Å². The topological polar surface area (TPSA) is 20.2 Å². The zero-order valence-electron chi connectivity index (χ0n) is 9.01. The molecule has 0 saturated heterocycles. The SMILES string of the molecule is CCCCc1cccc([Si]O)c1CC. The zero-order chi connectivity index (χ0) is 10.4. The van der Waals surface area contributed by atoms with Gasteiger partial charge >= 0.3 is 0 Å². The largest absolute Gasteiger partial charge is 0.428 e. The number of rotatable bonds is 5. The monoisotopic (exact) mass is 206 g/mol. The molecular formula is C12H18OSi. The molecule has 1 N–H and O–H groups in total. The molecule has 0 aliphatic rings. The van der Waals surface area contributed by atoms with E-state index in [0.29, 0.717) is 0 Å². The number of hydrogen-bond acceptors (Lipinski definition) is 1. The van der Waals surface area contributed by atoms with Gasteiger partial charge in [0.2, 0.25) is 0 Å². The summed E-state index contributed by atoms with van der Waals surface area (Å²) in [6.07, 6.45) is 4.65. The van der Waals surface area contributed by atoms with Crippen molar-refractivity contribution in [3.8, 4) is 0 Å². The van der Waals surface area contributed by atoms with Crippen LogP contribution in [0.4, 0.5) is 0 Å². The Hall–Kier alpha value is -0.603. The Bertz CT molecular complexity index is 284. The second-order valence-electron chi connectivity index (χ2n) is 3.51. The Morgan fingerprint density at radius 3 is 2.64 bits per heavy atom. The van der Waals surface area contributed by atoms with E-state index in [1.807, 2.05) is 6.07 Å². The smallest absolute Gasteiger partial charge is 0.265 e. The van der Waals surface area contributed by atoms with Gasteiger partial charge in [-0.2, -0.15) is 0 Å². The van der Waals surface area contributed by atoms with Crippen LogP contribution in [-0.4, -0.2) is 14.6 Å². The van der Waals surface area contributed by atoms with Crippen molar-refractivity contribution in [2.45, 2.75) is 39.5 Å². The van der Waals surface area contributed by atoms with E-state index >= 15 is 0 Å². The molecule has 0 aliphatic carbocycles. The average molecular weight is 206 g/mol. The molecule has 1 rings (SSSR count). The third-order valence-corrected chi connectivity index (χ3v) is 3.26. The highest BCUT2D eigenvalue weighted by Gasteiger charge is 2.05. The Morgan fingerprint density at radius 2 is 2.07 bits per heavy atom. The molecule has 1 nitrogen and oxygen atoms in total. The summed E-state index contributed by atoms with van der Waals surface area (Å²) in [5.74, 6) is 0. The van der Waals surface area contributed by atoms with E-state index < -0.39 is 0 Å². The molecule has 2 heteroatoms. The van der Waals surface area contributed by atoms with Gasteiger partial charge in [0.05, 0.1) is 0 Å². The quantitative estimate of drug-likeness (QED) is 0.729. The predicted octanol–water partition coefficient (Wildman–Crippen LogP) is 1.83. The van der Waals surface area contributed by atoms with Gasteiger partial charge in [-0.1, -0.05) is 38.5 Å². The van der Waals surface area contributed by atoms with Gasteiger partial charge in [0, 0.05) is 0 Å². The van der Waals surface area contributed by atoms with Crippen molar-refractivity contribution in [1.82, 2.24) is 0 Å². The molecule has 0 heterocycles. The maximum atomic E-state index is 9.23. The third-order valence-electron chi connectivity index (χ3n) is 2.55. The summed E-state index contributed by atoms with van der Waals surface area (Å²) in [7, 11) is -0.0628. The predicted molar refractivity (Wildman–Crippen MR) is 62.0 cm³/mol. The molecule has 0 amide bonds. The fourth-order valence-electron chi connectivity index (χ4n) is 1.76. The van der Waals surface area contributed by atoms with Crippen LogP contribution in [0.25, 0.3) is 0 Å². The molecule has 0 atom stereocenters. The van der Waals surface area contributed by atoms with Gasteiger partial charge in [0.1, 0.15) is 0 Å². The van der Waals surface area contributed by atoms with Gasteiger partial charge < -0.3 is 4.80 Å². The van der Waals surface area contributed by atoms with E-state index in [-0.39, 0.29) is 9.76 Å². The molecular weight excluding hydrogens is 188 g/mol. The summed E-state index contributed by atoms with van der Waals surface area (Å²) in [4.78, 5) is 9.23. The van der Waals surface area contributed by atoms with Gasteiger partial charge in [0.15, 0.2) is 0 Å². The first-order valence-electron chi connectivity index (χ1n) is 5.34. The minimum atomic E-state index is -0.0628. The Kier molecular flexibility index (Phi) is 4.91. The van der Waals surface area contributed by atoms with Gasteiger partial charge in [0.25, 0.3) is 9.76 Å². The van der Waals surface area contributed by atoms with Crippen molar-refractivity contribution in [2.75, 3.05) is 0 Å².